The van der Waals surface area contributed by atoms with Gasteiger partial charge in [0.25, 0.3) is 11.1 Å². The smallest absolute Gasteiger partial charge is 0.276 e. The minimum absolute atomic E-state index is 0.0689. The monoisotopic (exact) mass is 282 g/mol. The second-order valence-corrected chi connectivity index (χ2v) is 5.13. The fourth-order valence-corrected chi connectivity index (χ4v) is 1.98. The molecule has 8 heteroatoms. The van der Waals surface area contributed by atoms with Gasteiger partial charge in [-0.3, -0.25) is 4.79 Å². The van der Waals surface area contributed by atoms with Gasteiger partial charge in [-0.2, -0.15) is 0 Å². The average molecular weight is 282 g/mol. The van der Waals surface area contributed by atoms with Gasteiger partial charge in [0.05, 0.1) is 0 Å². The SMILES string of the molecule is Cc1cc(-c2nnc(SCCC(=O)N(C)C)o2)no1. The van der Waals surface area contributed by atoms with Gasteiger partial charge in [-0.15, -0.1) is 10.2 Å². The Bertz CT molecular complexity index is 564. The van der Waals surface area contributed by atoms with E-state index in [0.29, 0.717) is 34.7 Å². The summed E-state index contributed by atoms with van der Waals surface area (Å²) in [7, 11) is 3.45. The highest BCUT2D eigenvalue weighted by Gasteiger charge is 2.13. The molecule has 0 spiro atoms. The zero-order chi connectivity index (χ0) is 13.8. The van der Waals surface area contributed by atoms with E-state index in [2.05, 4.69) is 15.4 Å². The Morgan fingerprint density at radius 1 is 1.42 bits per heavy atom. The summed E-state index contributed by atoms with van der Waals surface area (Å²) in [4.78, 5) is 12.9. The standard InChI is InChI=1S/C11H14N4O3S/c1-7-6-8(14-18-7)10-12-13-11(17-10)19-5-4-9(16)15(2)3/h6H,4-5H2,1-3H3. The third-order valence-corrected chi connectivity index (χ3v) is 3.11. The summed E-state index contributed by atoms with van der Waals surface area (Å²) in [6.45, 7) is 1.79. The predicted molar refractivity (Wildman–Crippen MR) is 68.6 cm³/mol. The molecule has 0 radical (unpaired) electrons. The number of aromatic nitrogens is 3. The first kappa shape index (κ1) is 13.6. The first-order valence-electron chi connectivity index (χ1n) is 5.66. The number of hydrogen-bond donors (Lipinski definition) is 0. The van der Waals surface area contributed by atoms with E-state index in [0.717, 1.165) is 0 Å². The highest BCUT2D eigenvalue weighted by Crippen LogP contribution is 2.23. The Morgan fingerprint density at radius 2 is 2.21 bits per heavy atom. The van der Waals surface area contributed by atoms with E-state index >= 15 is 0 Å². The second kappa shape index (κ2) is 5.87. The van der Waals surface area contributed by atoms with Crippen LogP contribution in [0, 0.1) is 6.92 Å². The zero-order valence-corrected chi connectivity index (χ0v) is 11.7. The minimum atomic E-state index is 0.0689. The molecule has 0 fully saturated rings. The van der Waals surface area contributed by atoms with Crippen LogP contribution >= 0.6 is 11.8 Å². The van der Waals surface area contributed by atoms with E-state index in [-0.39, 0.29) is 5.91 Å². The van der Waals surface area contributed by atoms with Gasteiger partial charge in [0, 0.05) is 32.3 Å². The van der Waals surface area contributed by atoms with Gasteiger partial charge < -0.3 is 13.8 Å². The molecule has 0 aliphatic carbocycles. The molecule has 0 aliphatic heterocycles. The topological polar surface area (TPSA) is 85.3 Å². The maximum Gasteiger partial charge on any atom is 0.276 e. The van der Waals surface area contributed by atoms with Gasteiger partial charge in [-0.1, -0.05) is 16.9 Å². The molecule has 1 amide bonds. The van der Waals surface area contributed by atoms with Crippen LogP contribution in [0.15, 0.2) is 20.2 Å². The molecule has 0 aliphatic rings. The molecule has 2 aromatic rings. The summed E-state index contributed by atoms with van der Waals surface area (Å²) in [6, 6.07) is 1.72. The fourth-order valence-electron chi connectivity index (χ4n) is 1.29. The van der Waals surface area contributed by atoms with Crippen LogP contribution < -0.4 is 0 Å². The molecular formula is C11H14N4O3S. The summed E-state index contributed by atoms with van der Waals surface area (Å²) in [5.41, 5.74) is 0.515. The quantitative estimate of drug-likeness (QED) is 0.770. The number of amides is 1. The van der Waals surface area contributed by atoms with Crippen LogP contribution in [0.4, 0.5) is 0 Å². The number of hydrogen-bond acceptors (Lipinski definition) is 7. The zero-order valence-electron chi connectivity index (χ0n) is 10.9. The number of thioether (sulfide) groups is 1. The maximum absolute atomic E-state index is 11.4. The van der Waals surface area contributed by atoms with E-state index < -0.39 is 0 Å². The molecule has 2 aromatic heterocycles. The minimum Gasteiger partial charge on any atom is -0.409 e. The van der Waals surface area contributed by atoms with Gasteiger partial charge in [-0.25, -0.2) is 0 Å². The maximum atomic E-state index is 11.4. The van der Waals surface area contributed by atoms with Crippen molar-refractivity contribution in [1.29, 1.82) is 0 Å². The average Bonchev–Trinajstić information content (AvgIpc) is 2.97. The van der Waals surface area contributed by atoms with E-state index in [9.17, 15) is 4.79 Å². The number of nitrogens with zero attached hydrogens (tertiary/aromatic N) is 4. The van der Waals surface area contributed by atoms with Crippen LogP contribution in [0.3, 0.4) is 0 Å². The van der Waals surface area contributed by atoms with E-state index in [1.807, 2.05) is 0 Å². The molecule has 2 rings (SSSR count). The van der Waals surface area contributed by atoms with Gasteiger partial charge >= 0.3 is 0 Å². The third-order valence-electron chi connectivity index (χ3n) is 2.29. The van der Waals surface area contributed by atoms with Gasteiger partial charge in [-0.05, 0) is 6.92 Å². The molecule has 0 N–H and O–H groups in total. The summed E-state index contributed by atoms with van der Waals surface area (Å²) in [5.74, 6) is 1.66. The van der Waals surface area contributed by atoms with Gasteiger partial charge in [0.2, 0.25) is 5.91 Å². The van der Waals surface area contributed by atoms with Crippen LogP contribution in [0.25, 0.3) is 11.6 Å². The number of carbonyl (C=O) groups excluding carboxylic acids is 1. The second-order valence-electron chi connectivity index (χ2n) is 4.08. The fraction of sp³-hybridized carbons (Fsp3) is 0.455. The lowest BCUT2D eigenvalue weighted by molar-refractivity contribution is -0.128. The first-order valence-corrected chi connectivity index (χ1v) is 6.65. The number of rotatable bonds is 5. The number of carbonyl (C=O) groups is 1. The molecular weight excluding hydrogens is 268 g/mol. The van der Waals surface area contributed by atoms with Crippen LogP contribution in [0.5, 0.6) is 0 Å². The molecule has 102 valence electrons. The third kappa shape index (κ3) is 3.57. The molecule has 0 aromatic carbocycles. The highest BCUT2D eigenvalue weighted by atomic mass is 32.2. The van der Waals surface area contributed by atoms with E-state index in [1.54, 1.807) is 32.0 Å². The Balaban J connectivity index is 1.89. The van der Waals surface area contributed by atoms with Crippen molar-refractivity contribution in [1.82, 2.24) is 20.3 Å². The largest absolute Gasteiger partial charge is 0.409 e. The molecule has 2 heterocycles. The van der Waals surface area contributed by atoms with Crippen LogP contribution in [0.1, 0.15) is 12.2 Å². The van der Waals surface area contributed by atoms with Crippen molar-refractivity contribution in [2.24, 2.45) is 0 Å². The van der Waals surface area contributed by atoms with Crippen LogP contribution in [-0.2, 0) is 4.79 Å². The summed E-state index contributed by atoms with van der Waals surface area (Å²) >= 11 is 1.34. The Morgan fingerprint density at radius 3 is 2.84 bits per heavy atom. The first-order chi connectivity index (χ1) is 9.06. The lowest BCUT2D eigenvalue weighted by atomic mass is 10.4. The van der Waals surface area contributed by atoms with Crippen molar-refractivity contribution in [3.63, 3.8) is 0 Å². The highest BCUT2D eigenvalue weighted by molar-refractivity contribution is 7.99. The Hall–Kier alpha value is -1.83. The predicted octanol–water partition coefficient (Wildman–Crippen LogP) is 1.60. The normalized spacial score (nSPS) is 10.7. The van der Waals surface area contributed by atoms with Gasteiger partial charge in [0.15, 0.2) is 5.69 Å². The van der Waals surface area contributed by atoms with Crippen molar-refractivity contribution in [3.8, 4) is 11.6 Å². The lowest BCUT2D eigenvalue weighted by Gasteiger charge is -2.08. The Kier molecular flexibility index (Phi) is 4.20. The summed E-state index contributed by atoms with van der Waals surface area (Å²) < 4.78 is 10.4. The summed E-state index contributed by atoms with van der Waals surface area (Å²) in [5, 5.41) is 12.0. The molecule has 0 unspecified atom stereocenters. The van der Waals surface area contributed by atoms with Crippen LogP contribution in [-0.4, -0.2) is 46.0 Å². The van der Waals surface area contributed by atoms with Gasteiger partial charge in [0.1, 0.15) is 5.76 Å². The van der Waals surface area contributed by atoms with E-state index in [1.165, 1.54) is 11.8 Å². The summed E-state index contributed by atoms with van der Waals surface area (Å²) in [6.07, 6.45) is 0.429. The van der Waals surface area contributed by atoms with Crippen LogP contribution in [0.2, 0.25) is 0 Å². The van der Waals surface area contributed by atoms with Crippen molar-refractivity contribution in [2.45, 2.75) is 18.6 Å². The van der Waals surface area contributed by atoms with Crippen molar-refractivity contribution >= 4 is 17.7 Å². The van der Waals surface area contributed by atoms with Crippen molar-refractivity contribution in [3.05, 3.63) is 11.8 Å². The molecule has 0 atom stereocenters. The Labute approximate surface area is 114 Å². The van der Waals surface area contributed by atoms with E-state index in [4.69, 9.17) is 8.94 Å². The number of aryl methyl sites for hydroxylation is 1. The molecule has 0 saturated heterocycles. The lowest BCUT2D eigenvalue weighted by Crippen LogP contribution is -2.21. The molecule has 19 heavy (non-hydrogen) atoms. The van der Waals surface area contributed by atoms with Crippen molar-refractivity contribution in [2.75, 3.05) is 19.8 Å². The molecule has 0 saturated carbocycles. The van der Waals surface area contributed by atoms with Crippen molar-refractivity contribution < 1.29 is 13.7 Å². The molecule has 0 bridgehead atoms. The molecule has 7 nitrogen and oxygen atoms in total.